The molecule has 0 aliphatic carbocycles. The molecule has 0 spiro atoms. The zero-order chi connectivity index (χ0) is 78.8. The zero-order valence-corrected chi connectivity index (χ0v) is 66.5. The van der Waals surface area contributed by atoms with Crippen LogP contribution in [0.4, 0.5) is 0 Å². The highest BCUT2D eigenvalue weighted by molar-refractivity contribution is 5.12. The quantitative estimate of drug-likeness (QED) is 0.0408. The second-order valence-electron chi connectivity index (χ2n) is 28.1. The van der Waals surface area contributed by atoms with Crippen LogP contribution in [0.25, 0.3) is 0 Å². The van der Waals surface area contributed by atoms with E-state index < -0.39 is 66.5 Å². The number of azo groups is 6. The van der Waals surface area contributed by atoms with E-state index in [-0.39, 0.29) is 0 Å². The average Bonchev–Trinajstić information content (AvgIpc) is 0.923. The minimum Gasteiger partial charge on any atom is -0.196 e. The summed E-state index contributed by atoms with van der Waals surface area (Å²) in [6, 6.07) is 25.8. The van der Waals surface area contributed by atoms with Gasteiger partial charge in [0.05, 0.1) is 72.8 Å². The maximum atomic E-state index is 9.28. The smallest absolute Gasteiger partial charge is 0.164 e. The van der Waals surface area contributed by atoms with Gasteiger partial charge in [-0.3, -0.25) is 0 Å². The molecule has 24 nitrogen and oxygen atoms in total. The van der Waals surface area contributed by atoms with Crippen LogP contribution in [0.1, 0.15) is 346 Å². The highest BCUT2D eigenvalue weighted by Gasteiger charge is 2.32. The van der Waals surface area contributed by atoms with Crippen LogP contribution in [0.2, 0.25) is 0 Å². The van der Waals surface area contributed by atoms with Gasteiger partial charge < -0.3 is 0 Å². The van der Waals surface area contributed by atoms with Gasteiger partial charge in [0, 0.05) is 0 Å². The summed E-state index contributed by atoms with van der Waals surface area (Å²) < 4.78 is 0. The van der Waals surface area contributed by atoms with Crippen molar-refractivity contribution in [2.45, 2.75) is 412 Å². The molecule has 0 bridgehead atoms. The average molecular weight is 1380 g/mol. The zero-order valence-electron chi connectivity index (χ0n) is 66.5. The fourth-order valence-corrected chi connectivity index (χ4v) is 7.86. The Hall–Kier alpha value is -8.52. The molecule has 0 rings (SSSR count). The number of rotatable bonds is 40. The Labute approximate surface area is 607 Å². The minimum atomic E-state index is -0.803. The summed E-state index contributed by atoms with van der Waals surface area (Å²) in [6.45, 7) is 45.1. The topological polar surface area (TPSA) is 434 Å². The number of unbranched alkanes of at least 4 members (excludes halogenated alkanes) is 8. The Morgan fingerprint density at radius 1 is 0.160 bits per heavy atom. The predicted molar refractivity (Wildman–Crippen MR) is 395 cm³/mol. The molecule has 0 fully saturated rings. The monoisotopic (exact) mass is 1380 g/mol. The van der Waals surface area contributed by atoms with E-state index in [9.17, 15) is 15.8 Å². The molecule has 0 aromatic carbocycles. The molecule has 12 unspecified atom stereocenters. The van der Waals surface area contributed by atoms with Gasteiger partial charge in [-0.05, 0) is 186 Å². The lowest BCUT2D eigenvalue weighted by Gasteiger charge is -2.19. The third kappa shape index (κ3) is 47.5. The maximum absolute atomic E-state index is 9.28. The number of hydrogen-bond acceptors (Lipinski definition) is 24. The first-order valence-corrected chi connectivity index (χ1v) is 36.3. The van der Waals surface area contributed by atoms with Crippen LogP contribution in [-0.2, 0) is 0 Å². The van der Waals surface area contributed by atoms with Crippen LogP contribution in [0.3, 0.4) is 0 Å². The van der Waals surface area contributed by atoms with Gasteiger partial charge in [0.1, 0.15) is 0 Å². The summed E-state index contributed by atoms with van der Waals surface area (Å²) in [5, 5.41) is 158. The number of nitrogens with zero attached hydrogens (tertiary/aromatic N) is 24. The fourth-order valence-electron chi connectivity index (χ4n) is 7.86. The molecule has 0 amide bonds. The Morgan fingerprint density at radius 3 is 0.360 bits per heavy atom. The van der Waals surface area contributed by atoms with Gasteiger partial charge >= 0.3 is 0 Å². The largest absolute Gasteiger partial charge is 0.196 e. The first-order chi connectivity index (χ1) is 46.7. The van der Waals surface area contributed by atoms with Crippen molar-refractivity contribution in [3.63, 3.8) is 0 Å². The van der Waals surface area contributed by atoms with Crippen molar-refractivity contribution in [2.24, 2.45) is 61.4 Å². The predicted octanol–water partition coefficient (Wildman–Crippen LogP) is 23.2. The van der Waals surface area contributed by atoms with Crippen molar-refractivity contribution in [1.82, 2.24) is 0 Å². The fraction of sp³-hybridized carbons (Fsp3) is 0.842. The molecule has 0 aliphatic rings. The summed E-state index contributed by atoms with van der Waals surface area (Å²) in [4.78, 5) is 0. The molecular formula is C76H128N24. The normalized spacial score (nSPS) is 18.1. The molecule has 0 aromatic heterocycles. The molecular weight excluding hydrogens is 1250 g/mol. The number of nitriles is 12. The number of hydrogen-bond donors (Lipinski definition) is 0. The lowest BCUT2D eigenvalue weighted by molar-refractivity contribution is 0.428. The van der Waals surface area contributed by atoms with Crippen LogP contribution in [-0.4, -0.2) is 66.5 Å². The lowest BCUT2D eigenvalue weighted by Crippen LogP contribution is -2.23. The second kappa shape index (κ2) is 54.3. The van der Waals surface area contributed by atoms with E-state index in [1.54, 1.807) is 83.1 Å². The highest BCUT2D eigenvalue weighted by atomic mass is 15.2. The van der Waals surface area contributed by atoms with E-state index >= 15 is 0 Å². The molecule has 0 heterocycles. The Bertz CT molecular complexity index is 2940. The minimum absolute atomic E-state index is 0.595. The maximum Gasteiger partial charge on any atom is 0.164 e. The molecule has 0 radical (unpaired) electrons. The summed E-state index contributed by atoms with van der Waals surface area (Å²) in [7, 11) is 0. The SMILES string of the molecule is CCC(C)(C#N)N=NC(C)(C#N)CC.CCCC(C)(C#N)N=NC(C)(C#N)CC.CCCC(C)(C#N)N=NC(C)(C#N)CCC.CCCCCC(C)(C#N)N=NC(C)(C#N)CC.CCCCCC(C)(C#N)N=NC(C)(C#N)CCC.CCCCCC(C)(C#N)N=NC(C)(C#N)CCCCC. The molecule has 100 heavy (non-hydrogen) atoms. The molecule has 12 atom stereocenters. The molecule has 0 saturated heterocycles. The van der Waals surface area contributed by atoms with Gasteiger partial charge in [-0.2, -0.15) is 125 Å². The van der Waals surface area contributed by atoms with Crippen molar-refractivity contribution in [1.29, 1.82) is 63.1 Å². The van der Waals surface area contributed by atoms with Gasteiger partial charge in [0.2, 0.25) is 0 Å². The van der Waals surface area contributed by atoms with E-state index in [1.807, 2.05) is 55.4 Å². The molecule has 0 saturated carbocycles. The van der Waals surface area contributed by atoms with Crippen LogP contribution in [0, 0.1) is 136 Å². The van der Waals surface area contributed by atoms with E-state index in [4.69, 9.17) is 47.4 Å². The molecule has 0 aliphatic heterocycles. The Balaban J connectivity index is -0.000000266. The van der Waals surface area contributed by atoms with Crippen LogP contribution >= 0.6 is 0 Å². The van der Waals surface area contributed by atoms with Crippen LogP contribution < -0.4 is 0 Å². The first-order valence-electron chi connectivity index (χ1n) is 36.3. The van der Waals surface area contributed by atoms with Crippen molar-refractivity contribution < 1.29 is 0 Å². The summed E-state index contributed by atoms with van der Waals surface area (Å²) >= 11 is 0. The summed E-state index contributed by atoms with van der Waals surface area (Å²) in [6.07, 6.45) is 24.1. The second-order valence-corrected chi connectivity index (χ2v) is 28.1. The van der Waals surface area contributed by atoms with Crippen LogP contribution in [0.15, 0.2) is 61.4 Å². The molecule has 0 aromatic rings. The van der Waals surface area contributed by atoms with E-state index in [0.717, 1.165) is 103 Å². The van der Waals surface area contributed by atoms with Gasteiger partial charge in [0.25, 0.3) is 0 Å². The van der Waals surface area contributed by atoms with Gasteiger partial charge in [-0.1, -0.05) is 160 Å². The highest BCUT2D eigenvalue weighted by Crippen LogP contribution is 2.29. The van der Waals surface area contributed by atoms with Crippen molar-refractivity contribution >= 4 is 0 Å². The first kappa shape index (κ1) is 102. The lowest BCUT2D eigenvalue weighted by atomic mass is 9.96. The van der Waals surface area contributed by atoms with E-state index in [2.05, 4.69) is 162 Å². The van der Waals surface area contributed by atoms with Crippen molar-refractivity contribution in [2.75, 3.05) is 0 Å². The van der Waals surface area contributed by atoms with Gasteiger partial charge in [0.15, 0.2) is 66.5 Å². The van der Waals surface area contributed by atoms with Crippen molar-refractivity contribution in [3.8, 4) is 72.8 Å². The Morgan fingerprint density at radius 2 is 0.270 bits per heavy atom. The molecule has 24 heteroatoms. The van der Waals surface area contributed by atoms with E-state index in [1.165, 1.54) is 0 Å². The summed E-state index contributed by atoms with van der Waals surface area (Å²) in [5.41, 5.74) is -9.53. The molecule has 0 N–H and O–H groups in total. The molecule has 552 valence electrons. The van der Waals surface area contributed by atoms with E-state index in [0.29, 0.717) is 77.0 Å². The Kier molecular flexibility index (Phi) is 55.7. The van der Waals surface area contributed by atoms with Gasteiger partial charge in [-0.15, -0.1) is 0 Å². The standard InChI is InChI=1S/C16H28N4.C14H24N4.C13H22N4.C12H20N4.C11H18N4.C10H16N4/c1-5-7-9-11-15(3,13-17)19-20-16(4,14-18)12-10-8-6-2;1-5-7-8-10-14(4,12-16)18-17-13(3,11-15)9-6-2;1-5-7-8-9-13(4,11-15)17-16-12(3,6-2)10-14;1-5-7-11(3,9-13)15-16-12(4,10-14)8-6-2;1-5-7-11(4,9-13)15-14-10(3,6-2)8-12;1-5-9(3,7-11)13-14-10(4,6-2)8-12/h5-12H2,1-4H3;5-10H2,1-4H3;5-9H2,1-4H3;5-8H2,1-4H3;5-7H2,1-4H3;5-6H2,1-4H3. The summed E-state index contributed by atoms with van der Waals surface area (Å²) in [5.74, 6) is 0. The third-order valence-electron chi connectivity index (χ3n) is 16.6. The van der Waals surface area contributed by atoms with Crippen LogP contribution in [0.5, 0.6) is 0 Å². The van der Waals surface area contributed by atoms with Gasteiger partial charge in [-0.25, -0.2) is 0 Å². The third-order valence-corrected chi connectivity index (χ3v) is 16.6. The van der Waals surface area contributed by atoms with Crippen molar-refractivity contribution in [3.05, 3.63) is 0 Å².